The summed E-state index contributed by atoms with van der Waals surface area (Å²) in [7, 11) is 1.66. The Labute approximate surface area is 139 Å². The van der Waals surface area contributed by atoms with E-state index >= 15 is 0 Å². The third-order valence-corrected chi connectivity index (χ3v) is 4.37. The Morgan fingerprint density at radius 1 is 1.26 bits per heavy atom. The van der Waals surface area contributed by atoms with Crippen LogP contribution in [0.25, 0.3) is 0 Å². The van der Waals surface area contributed by atoms with Crippen molar-refractivity contribution in [3.63, 3.8) is 0 Å². The summed E-state index contributed by atoms with van der Waals surface area (Å²) in [6, 6.07) is 10.1. The molecule has 2 rings (SSSR count). The van der Waals surface area contributed by atoms with Crippen LogP contribution in [0.15, 0.2) is 30.3 Å². The van der Waals surface area contributed by atoms with Crippen LogP contribution in [-0.4, -0.2) is 57.4 Å². The molecule has 1 aromatic carbocycles. The Morgan fingerprint density at radius 3 is 2.61 bits per heavy atom. The van der Waals surface area contributed by atoms with Crippen LogP contribution >= 0.6 is 0 Å². The van der Waals surface area contributed by atoms with Gasteiger partial charge in [0, 0.05) is 26.1 Å². The minimum Gasteiger partial charge on any atom is -0.382 e. The molecule has 1 aliphatic rings. The molecule has 0 bridgehead atoms. The van der Waals surface area contributed by atoms with Gasteiger partial charge in [0.05, 0.1) is 19.8 Å². The number of nitrogens with zero attached hydrogens (tertiary/aromatic N) is 1. The van der Waals surface area contributed by atoms with E-state index in [1.165, 1.54) is 0 Å². The van der Waals surface area contributed by atoms with Crippen molar-refractivity contribution in [3.05, 3.63) is 35.9 Å². The number of hydrogen-bond acceptors (Lipinski definition) is 4. The standard InChI is InChI=1S/C18H28N2O3/c1-15(17-12-19-13-17)18(21)20(8-9-23-11-10-22-2)14-16-6-4-3-5-7-16/h3-7,15,17,19H,8-14H2,1-2H3. The summed E-state index contributed by atoms with van der Waals surface area (Å²) < 4.78 is 10.5. The normalized spacial score (nSPS) is 15.9. The lowest BCUT2D eigenvalue weighted by Crippen LogP contribution is -2.50. The molecule has 1 fully saturated rings. The first-order valence-corrected chi connectivity index (χ1v) is 8.32. The molecule has 1 unspecified atom stereocenters. The minimum absolute atomic E-state index is 0.0546. The molecule has 0 saturated carbocycles. The SMILES string of the molecule is COCCOCCN(Cc1ccccc1)C(=O)C(C)C1CNC1. The van der Waals surface area contributed by atoms with Crippen LogP contribution in [0.3, 0.4) is 0 Å². The summed E-state index contributed by atoms with van der Waals surface area (Å²) in [5.74, 6) is 0.727. The molecule has 1 N–H and O–H groups in total. The summed E-state index contributed by atoms with van der Waals surface area (Å²) in [6.07, 6.45) is 0. The third-order valence-electron chi connectivity index (χ3n) is 4.37. The zero-order valence-corrected chi connectivity index (χ0v) is 14.2. The monoisotopic (exact) mass is 320 g/mol. The van der Waals surface area contributed by atoms with Gasteiger partial charge in [-0.2, -0.15) is 0 Å². The van der Waals surface area contributed by atoms with Crippen LogP contribution in [-0.2, 0) is 20.8 Å². The number of hydrogen-bond donors (Lipinski definition) is 1. The van der Waals surface area contributed by atoms with E-state index in [-0.39, 0.29) is 11.8 Å². The van der Waals surface area contributed by atoms with Gasteiger partial charge in [0.15, 0.2) is 0 Å². The zero-order chi connectivity index (χ0) is 16.5. The maximum absolute atomic E-state index is 12.8. The fraction of sp³-hybridized carbons (Fsp3) is 0.611. The molecule has 0 spiro atoms. The van der Waals surface area contributed by atoms with Crippen molar-refractivity contribution in [2.75, 3.05) is 46.6 Å². The molecule has 5 heteroatoms. The Balaban J connectivity index is 1.90. The van der Waals surface area contributed by atoms with E-state index in [1.807, 2.05) is 30.0 Å². The number of carbonyl (C=O) groups excluding carboxylic acids is 1. The van der Waals surface area contributed by atoms with Gasteiger partial charge in [0.2, 0.25) is 5.91 Å². The summed E-state index contributed by atoms with van der Waals surface area (Å²) >= 11 is 0. The Morgan fingerprint density at radius 2 is 2.00 bits per heavy atom. The van der Waals surface area contributed by atoms with Crippen molar-refractivity contribution in [1.29, 1.82) is 0 Å². The lowest BCUT2D eigenvalue weighted by Gasteiger charge is -2.35. The fourth-order valence-electron chi connectivity index (χ4n) is 2.64. The van der Waals surface area contributed by atoms with Crippen molar-refractivity contribution in [2.24, 2.45) is 11.8 Å². The van der Waals surface area contributed by atoms with E-state index in [0.29, 0.717) is 38.8 Å². The van der Waals surface area contributed by atoms with Crippen LogP contribution in [0.4, 0.5) is 0 Å². The number of carbonyl (C=O) groups is 1. The molecule has 1 atom stereocenters. The first-order valence-electron chi connectivity index (χ1n) is 8.32. The molecular weight excluding hydrogens is 292 g/mol. The van der Waals surface area contributed by atoms with Crippen molar-refractivity contribution >= 4 is 5.91 Å². The molecule has 1 heterocycles. The first-order chi connectivity index (χ1) is 11.2. The van der Waals surface area contributed by atoms with E-state index in [2.05, 4.69) is 17.4 Å². The maximum atomic E-state index is 12.8. The molecule has 0 aliphatic carbocycles. The van der Waals surface area contributed by atoms with Crippen molar-refractivity contribution in [3.8, 4) is 0 Å². The summed E-state index contributed by atoms with van der Waals surface area (Å²) in [5, 5.41) is 3.24. The van der Waals surface area contributed by atoms with E-state index in [1.54, 1.807) is 7.11 Å². The second-order valence-corrected chi connectivity index (χ2v) is 6.06. The van der Waals surface area contributed by atoms with Gasteiger partial charge in [0.1, 0.15) is 0 Å². The third kappa shape index (κ3) is 5.61. The highest BCUT2D eigenvalue weighted by Crippen LogP contribution is 2.19. The number of rotatable bonds is 10. The van der Waals surface area contributed by atoms with Crippen LogP contribution in [0.2, 0.25) is 0 Å². The molecule has 0 aromatic heterocycles. The smallest absolute Gasteiger partial charge is 0.226 e. The number of amides is 1. The van der Waals surface area contributed by atoms with Gasteiger partial charge in [-0.3, -0.25) is 4.79 Å². The van der Waals surface area contributed by atoms with Gasteiger partial charge in [-0.25, -0.2) is 0 Å². The molecule has 1 saturated heterocycles. The minimum atomic E-state index is 0.0546. The van der Waals surface area contributed by atoms with E-state index in [0.717, 1.165) is 18.7 Å². The van der Waals surface area contributed by atoms with Gasteiger partial charge in [-0.15, -0.1) is 0 Å². The molecule has 0 radical (unpaired) electrons. The van der Waals surface area contributed by atoms with Gasteiger partial charge in [-0.1, -0.05) is 37.3 Å². The zero-order valence-electron chi connectivity index (χ0n) is 14.2. The maximum Gasteiger partial charge on any atom is 0.226 e. The quantitative estimate of drug-likeness (QED) is 0.664. The largest absolute Gasteiger partial charge is 0.382 e. The number of benzene rings is 1. The first kappa shape index (κ1) is 17.9. The Hall–Kier alpha value is -1.43. The van der Waals surface area contributed by atoms with Crippen molar-refractivity contribution in [1.82, 2.24) is 10.2 Å². The van der Waals surface area contributed by atoms with E-state index in [4.69, 9.17) is 9.47 Å². The van der Waals surface area contributed by atoms with Crippen LogP contribution < -0.4 is 5.32 Å². The van der Waals surface area contributed by atoms with Gasteiger partial charge in [-0.05, 0) is 24.6 Å². The van der Waals surface area contributed by atoms with E-state index in [9.17, 15) is 4.79 Å². The predicted octanol–water partition coefficient (Wildman–Crippen LogP) is 1.53. The summed E-state index contributed by atoms with van der Waals surface area (Å²) in [4.78, 5) is 14.7. The van der Waals surface area contributed by atoms with Crippen LogP contribution in [0, 0.1) is 11.8 Å². The highest BCUT2D eigenvalue weighted by Gasteiger charge is 2.31. The van der Waals surface area contributed by atoms with Crippen LogP contribution in [0.1, 0.15) is 12.5 Å². The molecule has 23 heavy (non-hydrogen) atoms. The highest BCUT2D eigenvalue weighted by atomic mass is 16.5. The lowest BCUT2D eigenvalue weighted by molar-refractivity contribution is -0.139. The van der Waals surface area contributed by atoms with E-state index < -0.39 is 0 Å². The average molecular weight is 320 g/mol. The lowest BCUT2D eigenvalue weighted by atomic mass is 9.88. The molecule has 1 aliphatic heterocycles. The van der Waals surface area contributed by atoms with Crippen LogP contribution in [0.5, 0.6) is 0 Å². The Kier molecular flexibility index (Phi) is 7.52. The molecule has 1 aromatic rings. The molecule has 1 amide bonds. The van der Waals surface area contributed by atoms with Gasteiger partial charge < -0.3 is 19.7 Å². The molecule has 5 nitrogen and oxygen atoms in total. The topological polar surface area (TPSA) is 50.8 Å². The average Bonchev–Trinajstić information content (AvgIpc) is 2.52. The number of nitrogens with one attached hydrogen (secondary N) is 1. The molecule has 128 valence electrons. The van der Waals surface area contributed by atoms with Crippen molar-refractivity contribution < 1.29 is 14.3 Å². The second kappa shape index (κ2) is 9.65. The number of methoxy groups -OCH3 is 1. The fourth-order valence-corrected chi connectivity index (χ4v) is 2.64. The van der Waals surface area contributed by atoms with Gasteiger partial charge >= 0.3 is 0 Å². The second-order valence-electron chi connectivity index (χ2n) is 6.06. The predicted molar refractivity (Wildman–Crippen MR) is 90.1 cm³/mol. The summed E-state index contributed by atoms with van der Waals surface area (Å²) in [5.41, 5.74) is 1.15. The molecular formula is C18H28N2O3. The number of ether oxygens (including phenoxy) is 2. The van der Waals surface area contributed by atoms with Crippen molar-refractivity contribution in [2.45, 2.75) is 13.5 Å². The van der Waals surface area contributed by atoms with Gasteiger partial charge in [0.25, 0.3) is 0 Å². The summed E-state index contributed by atoms with van der Waals surface area (Å²) in [6.45, 7) is 6.85. The Bertz CT molecular complexity index is 463. The highest BCUT2D eigenvalue weighted by molar-refractivity contribution is 5.79.